The molecule has 0 atom stereocenters. The maximum absolute atomic E-state index is 2.46. The highest BCUT2D eigenvalue weighted by Gasteiger charge is 2.17. The Bertz CT molecular complexity index is 2800. The van der Waals surface area contributed by atoms with Crippen molar-refractivity contribution < 1.29 is 5.32 Å². The standard InChI is InChI=1S/C47H32N2/c1-2-9-38(10-3-1)49-46-30-35(32-24-26-48-27-25-32)19-22-43(46)44-23-20-37-28-34(18-21-40(37)47(44)49)31-14-16-33(17-15-31)45-29-36-8-4-5-11-39(36)41-12-6-7-13-42(41)45/h1-26,28-30,48H,27H2/p+1. The highest BCUT2D eigenvalue weighted by Crippen LogP contribution is 2.40. The topological polar surface area (TPSA) is 21.5 Å². The summed E-state index contributed by atoms with van der Waals surface area (Å²) in [6, 6.07) is 58.2. The number of nitrogens with two attached hydrogens (primary N) is 1. The van der Waals surface area contributed by atoms with Crippen molar-refractivity contribution >= 4 is 59.7 Å². The normalized spacial score (nSPS) is 13.2. The van der Waals surface area contributed by atoms with Gasteiger partial charge in [0.15, 0.2) is 0 Å². The van der Waals surface area contributed by atoms with Gasteiger partial charge in [0.2, 0.25) is 0 Å². The van der Waals surface area contributed by atoms with Crippen LogP contribution in [0.1, 0.15) is 5.56 Å². The Morgan fingerprint density at radius 2 is 1.12 bits per heavy atom. The highest BCUT2D eigenvalue weighted by molar-refractivity contribution is 6.19. The molecule has 1 aromatic heterocycles. The van der Waals surface area contributed by atoms with E-state index in [-0.39, 0.29) is 0 Å². The van der Waals surface area contributed by atoms with Gasteiger partial charge in [-0.1, -0.05) is 127 Å². The molecule has 0 unspecified atom stereocenters. The first-order chi connectivity index (χ1) is 24.3. The Hall–Kier alpha value is -6.22. The van der Waals surface area contributed by atoms with Crippen LogP contribution in [0.25, 0.3) is 87.6 Å². The number of nitrogens with zero attached hydrogens (tertiary/aromatic N) is 1. The second-order valence-corrected chi connectivity index (χ2v) is 13.1. The minimum atomic E-state index is 0.974. The molecule has 0 fully saturated rings. The molecule has 8 aromatic carbocycles. The molecule has 0 radical (unpaired) electrons. The van der Waals surface area contributed by atoms with E-state index < -0.39 is 0 Å². The fraction of sp³-hybridized carbons (Fsp3) is 0.0213. The Balaban J connectivity index is 1.11. The molecule has 0 spiro atoms. The zero-order chi connectivity index (χ0) is 32.3. The molecule has 0 aliphatic carbocycles. The van der Waals surface area contributed by atoms with Crippen molar-refractivity contribution in [3.8, 4) is 27.9 Å². The lowest BCUT2D eigenvalue weighted by molar-refractivity contribution is -0.578. The number of hydrogen-bond donors (Lipinski definition) is 1. The van der Waals surface area contributed by atoms with E-state index in [0.29, 0.717) is 0 Å². The van der Waals surface area contributed by atoms with Crippen molar-refractivity contribution in [2.75, 3.05) is 6.54 Å². The summed E-state index contributed by atoms with van der Waals surface area (Å²) in [5, 5.41) is 12.4. The summed E-state index contributed by atoms with van der Waals surface area (Å²) in [6.07, 6.45) is 6.69. The minimum Gasteiger partial charge on any atom is -0.317 e. The summed E-state index contributed by atoms with van der Waals surface area (Å²) < 4.78 is 2.46. The van der Waals surface area contributed by atoms with Crippen LogP contribution in [0, 0.1) is 0 Å². The zero-order valence-electron chi connectivity index (χ0n) is 27.0. The molecule has 2 nitrogen and oxygen atoms in total. The first kappa shape index (κ1) is 27.9. The van der Waals surface area contributed by atoms with Crippen LogP contribution in [-0.2, 0) is 0 Å². The smallest absolute Gasteiger partial charge is 0.0993 e. The molecule has 9 aromatic rings. The van der Waals surface area contributed by atoms with Crippen molar-refractivity contribution in [1.29, 1.82) is 0 Å². The molecular formula is C47H33N2+. The van der Waals surface area contributed by atoms with Crippen molar-refractivity contribution in [3.05, 3.63) is 182 Å². The number of rotatable bonds is 4. The summed E-state index contributed by atoms with van der Waals surface area (Å²) >= 11 is 0. The number of hydrogen-bond acceptors (Lipinski definition) is 0. The van der Waals surface area contributed by atoms with E-state index in [9.17, 15) is 0 Å². The van der Waals surface area contributed by atoms with Crippen LogP contribution < -0.4 is 5.32 Å². The van der Waals surface area contributed by atoms with Crippen molar-refractivity contribution in [2.24, 2.45) is 0 Å². The first-order valence-corrected chi connectivity index (χ1v) is 17.1. The number of benzene rings is 8. The summed E-state index contributed by atoms with van der Waals surface area (Å²) in [5.74, 6) is 0. The fourth-order valence-corrected chi connectivity index (χ4v) is 7.90. The molecule has 0 amide bonds. The van der Waals surface area contributed by atoms with E-state index in [1.54, 1.807) is 0 Å². The Morgan fingerprint density at radius 3 is 1.96 bits per heavy atom. The predicted molar refractivity (Wildman–Crippen MR) is 208 cm³/mol. The molecule has 49 heavy (non-hydrogen) atoms. The van der Waals surface area contributed by atoms with Crippen LogP contribution in [-0.4, -0.2) is 11.1 Å². The minimum absolute atomic E-state index is 0.974. The summed E-state index contributed by atoms with van der Waals surface area (Å²) in [6.45, 7) is 0.974. The Kier molecular flexibility index (Phi) is 6.36. The summed E-state index contributed by atoms with van der Waals surface area (Å²) in [7, 11) is 0. The maximum Gasteiger partial charge on any atom is 0.0993 e. The van der Waals surface area contributed by atoms with Gasteiger partial charge in [0, 0.05) is 21.8 Å². The van der Waals surface area contributed by atoms with Crippen LogP contribution >= 0.6 is 0 Å². The van der Waals surface area contributed by atoms with Gasteiger partial charge in [0.1, 0.15) is 0 Å². The number of para-hydroxylation sites is 1. The highest BCUT2D eigenvalue weighted by atomic mass is 15.0. The molecule has 2 N–H and O–H groups in total. The molecule has 1 aliphatic heterocycles. The van der Waals surface area contributed by atoms with Gasteiger partial charge in [0.05, 0.1) is 23.8 Å². The first-order valence-electron chi connectivity index (χ1n) is 17.1. The van der Waals surface area contributed by atoms with Gasteiger partial charge in [0.25, 0.3) is 0 Å². The average Bonchev–Trinajstić information content (AvgIpc) is 3.52. The van der Waals surface area contributed by atoms with Crippen molar-refractivity contribution in [3.63, 3.8) is 0 Å². The van der Waals surface area contributed by atoms with E-state index in [1.165, 1.54) is 93.2 Å². The summed E-state index contributed by atoms with van der Waals surface area (Å²) in [4.78, 5) is 0. The molecular weight excluding hydrogens is 593 g/mol. The van der Waals surface area contributed by atoms with Crippen LogP contribution in [0.2, 0.25) is 0 Å². The predicted octanol–water partition coefficient (Wildman–Crippen LogP) is 11.1. The lowest BCUT2D eigenvalue weighted by Gasteiger charge is -2.13. The molecule has 2 heteroatoms. The molecule has 0 saturated carbocycles. The molecule has 2 heterocycles. The van der Waals surface area contributed by atoms with Gasteiger partial charge >= 0.3 is 0 Å². The molecule has 10 rings (SSSR count). The SMILES string of the molecule is C1=CC(c2ccc3c4ccc5cc(-c6ccc(-c7cc8ccccc8c8ccccc78)cc6)ccc5c4n(-c4ccccc4)c3c2)=CC[NH2+]1. The van der Waals surface area contributed by atoms with E-state index in [1.807, 2.05) is 0 Å². The second kappa shape index (κ2) is 11.2. The van der Waals surface area contributed by atoms with Gasteiger partial charge in [-0.2, -0.15) is 0 Å². The second-order valence-electron chi connectivity index (χ2n) is 13.1. The van der Waals surface area contributed by atoms with E-state index in [0.717, 1.165) is 6.54 Å². The van der Waals surface area contributed by atoms with Crippen molar-refractivity contribution in [1.82, 2.24) is 4.57 Å². The number of quaternary nitrogens is 1. The zero-order valence-corrected chi connectivity index (χ0v) is 27.0. The maximum atomic E-state index is 2.46. The van der Waals surface area contributed by atoms with Gasteiger partial charge in [-0.15, -0.1) is 0 Å². The van der Waals surface area contributed by atoms with Crippen molar-refractivity contribution in [2.45, 2.75) is 0 Å². The van der Waals surface area contributed by atoms with Crippen LogP contribution in [0.5, 0.6) is 0 Å². The van der Waals surface area contributed by atoms with E-state index in [2.05, 4.69) is 186 Å². The lowest BCUT2D eigenvalue weighted by Crippen LogP contribution is -2.78. The molecule has 0 bridgehead atoms. The third-order valence-electron chi connectivity index (χ3n) is 10.3. The van der Waals surface area contributed by atoms with E-state index in [4.69, 9.17) is 0 Å². The monoisotopic (exact) mass is 625 g/mol. The van der Waals surface area contributed by atoms with Crippen LogP contribution in [0.3, 0.4) is 0 Å². The molecule has 230 valence electrons. The van der Waals surface area contributed by atoms with Gasteiger partial charge < -0.3 is 9.88 Å². The van der Waals surface area contributed by atoms with Crippen LogP contribution in [0.15, 0.2) is 176 Å². The lowest BCUT2D eigenvalue weighted by atomic mass is 9.92. The quantitative estimate of drug-likeness (QED) is 0.188. The Labute approximate surface area is 284 Å². The third-order valence-corrected chi connectivity index (χ3v) is 10.3. The van der Waals surface area contributed by atoms with Crippen LogP contribution in [0.4, 0.5) is 0 Å². The summed E-state index contributed by atoms with van der Waals surface area (Å²) in [5.41, 5.74) is 11.1. The van der Waals surface area contributed by atoms with E-state index >= 15 is 0 Å². The fourth-order valence-electron chi connectivity index (χ4n) is 7.90. The van der Waals surface area contributed by atoms with Gasteiger partial charge in [-0.05, 0) is 103 Å². The molecule has 1 aliphatic rings. The molecule has 0 saturated heterocycles. The van der Waals surface area contributed by atoms with Gasteiger partial charge in [-0.3, -0.25) is 0 Å². The number of fused-ring (bicyclic) bond motifs is 8. The largest absolute Gasteiger partial charge is 0.317 e. The number of aromatic nitrogens is 1. The third kappa shape index (κ3) is 4.53. The average molecular weight is 626 g/mol. The van der Waals surface area contributed by atoms with Gasteiger partial charge in [-0.25, -0.2) is 0 Å². The number of allylic oxidation sites excluding steroid dienone is 2. The Morgan fingerprint density at radius 1 is 0.449 bits per heavy atom.